The molecule has 0 bridgehead atoms. The zero-order valence-corrected chi connectivity index (χ0v) is 17.9. The van der Waals surface area contributed by atoms with Crippen molar-refractivity contribution in [3.8, 4) is 0 Å². The van der Waals surface area contributed by atoms with Gasteiger partial charge in [-0.1, -0.05) is 60.7 Å². The minimum atomic E-state index is -0.674. The summed E-state index contributed by atoms with van der Waals surface area (Å²) >= 11 is 0. The summed E-state index contributed by atoms with van der Waals surface area (Å²) < 4.78 is 0. The minimum absolute atomic E-state index is 0.274. The van der Waals surface area contributed by atoms with E-state index in [0.29, 0.717) is 0 Å². The molecule has 6 aromatic rings. The lowest BCUT2D eigenvalue weighted by molar-refractivity contribution is -0.394. The van der Waals surface area contributed by atoms with Gasteiger partial charge < -0.3 is 0 Å². The highest BCUT2D eigenvalue weighted by Gasteiger charge is 2.11. The topological polar surface area (TPSA) is 86.3 Å². The van der Waals surface area contributed by atoms with Crippen LogP contribution in [0.1, 0.15) is 0 Å². The van der Waals surface area contributed by atoms with Crippen LogP contribution in [0.2, 0.25) is 0 Å². The van der Waals surface area contributed by atoms with Gasteiger partial charge in [0, 0.05) is 12.1 Å². The summed E-state index contributed by atoms with van der Waals surface area (Å²) in [7, 11) is 0. The van der Waals surface area contributed by atoms with E-state index in [1.54, 1.807) is 0 Å². The zero-order valence-electron chi connectivity index (χ0n) is 17.9. The molecule has 0 unspecified atom stereocenters. The van der Waals surface area contributed by atoms with Gasteiger partial charge in [0.1, 0.15) is 0 Å². The molecule has 164 valence electrons. The summed E-state index contributed by atoms with van der Waals surface area (Å²) in [6.07, 6.45) is 0. The highest BCUT2D eigenvalue weighted by atomic mass is 16.6. The van der Waals surface area contributed by atoms with E-state index in [4.69, 9.17) is 0 Å². The molecule has 0 radical (unpaired) electrons. The fourth-order valence-electron chi connectivity index (χ4n) is 4.16. The van der Waals surface area contributed by atoms with E-state index in [-0.39, 0.29) is 11.4 Å². The maximum atomic E-state index is 10.2. The second-order valence-electron chi connectivity index (χ2n) is 7.94. The summed E-state index contributed by atoms with van der Waals surface area (Å²) in [4.78, 5) is 19.0. The van der Waals surface area contributed by atoms with Crippen LogP contribution in [0.15, 0.2) is 109 Å². The minimum Gasteiger partial charge on any atom is -0.258 e. The molecule has 0 aliphatic heterocycles. The second-order valence-corrected chi connectivity index (χ2v) is 7.94. The first-order chi connectivity index (χ1) is 16.5. The molecule has 6 heteroatoms. The normalized spacial score (nSPS) is 10.8. The van der Waals surface area contributed by atoms with Gasteiger partial charge in [-0.05, 0) is 73.4 Å². The molecule has 34 heavy (non-hydrogen) atoms. The van der Waals surface area contributed by atoms with E-state index < -0.39 is 9.85 Å². The summed E-state index contributed by atoms with van der Waals surface area (Å²) in [6, 6.07) is 35.4. The van der Waals surface area contributed by atoms with Crippen LogP contribution in [0.3, 0.4) is 0 Å². The molecule has 0 spiro atoms. The number of nitro groups is 2. The van der Waals surface area contributed by atoms with Crippen LogP contribution >= 0.6 is 0 Å². The number of benzene rings is 6. The molecular weight excluding hydrogens is 428 g/mol. The molecule has 0 amide bonds. The van der Waals surface area contributed by atoms with Crippen molar-refractivity contribution < 1.29 is 9.85 Å². The van der Waals surface area contributed by atoms with Crippen molar-refractivity contribution in [3.05, 3.63) is 129 Å². The van der Waals surface area contributed by atoms with Gasteiger partial charge >= 0.3 is 0 Å². The van der Waals surface area contributed by atoms with E-state index in [0.717, 1.165) is 6.07 Å². The lowest BCUT2D eigenvalue weighted by Crippen LogP contribution is -1.91. The van der Waals surface area contributed by atoms with E-state index in [2.05, 4.69) is 84.9 Å². The van der Waals surface area contributed by atoms with E-state index in [1.807, 2.05) is 0 Å². The quantitative estimate of drug-likeness (QED) is 0.117. The number of non-ortho nitro benzene ring substituents is 2. The lowest BCUT2D eigenvalue weighted by atomic mass is 9.96. The number of nitrogens with zero attached hydrogens (tertiary/aromatic N) is 2. The number of nitro benzene ring substituents is 2. The predicted molar refractivity (Wildman–Crippen MR) is 136 cm³/mol. The first-order valence-electron chi connectivity index (χ1n) is 10.6. The third-order valence-electron chi connectivity index (χ3n) is 5.82. The molecule has 0 aliphatic carbocycles. The summed E-state index contributed by atoms with van der Waals surface area (Å²) in [5.74, 6) is 0. The molecule has 0 aliphatic rings. The van der Waals surface area contributed by atoms with Crippen LogP contribution in [0.25, 0.3) is 43.1 Å². The number of hydrogen-bond acceptors (Lipinski definition) is 4. The Labute approximate surface area is 194 Å². The average Bonchev–Trinajstić information content (AvgIpc) is 2.87. The molecule has 0 saturated carbocycles. The Kier molecular flexibility index (Phi) is 5.32. The highest BCUT2D eigenvalue weighted by molar-refractivity contribution is 6.15. The van der Waals surface area contributed by atoms with Crippen LogP contribution in [0.5, 0.6) is 0 Å². The third-order valence-corrected chi connectivity index (χ3v) is 5.82. The summed E-state index contributed by atoms with van der Waals surface area (Å²) in [5.41, 5.74) is -0.548. The first kappa shape index (κ1) is 21.0. The molecule has 0 heterocycles. The van der Waals surface area contributed by atoms with Crippen molar-refractivity contribution in [3.63, 3.8) is 0 Å². The van der Waals surface area contributed by atoms with Crippen molar-refractivity contribution in [1.82, 2.24) is 0 Å². The monoisotopic (exact) mass is 446 g/mol. The smallest absolute Gasteiger partial charge is 0.258 e. The van der Waals surface area contributed by atoms with Gasteiger partial charge in [0.25, 0.3) is 11.4 Å². The molecular formula is C28H18N2O4. The van der Waals surface area contributed by atoms with Gasteiger partial charge in [0.15, 0.2) is 0 Å². The molecule has 0 atom stereocenters. The lowest BCUT2D eigenvalue weighted by Gasteiger charge is -2.08. The molecule has 6 nitrogen and oxygen atoms in total. The Balaban J connectivity index is 0.000000172. The van der Waals surface area contributed by atoms with Gasteiger partial charge in [-0.15, -0.1) is 0 Å². The third kappa shape index (κ3) is 4.00. The SMILES string of the molecule is O=[N+]([O-])c1cccc([N+](=O)[O-])c1.c1ccc2cc3c(ccc4cc5ccccc5cc43)cc2c1. The maximum absolute atomic E-state index is 10.2. The van der Waals surface area contributed by atoms with E-state index in [1.165, 1.54) is 61.3 Å². The van der Waals surface area contributed by atoms with E-state index in [9.17, 15) is 20.2 Å². The highest BCUT2D eigenvalue weighted by Crippen LogP contribution is 2.32. The fourth-order valence-corrected chi connectivity index (χ4v) is 4.16. The fraction of sp³-hybridized carbons (Fsp3) is 0. The van der Waals surface area contributed by atoms with E-state index >= 15 is 0 Å². The van der Waals surface area contributed by atoms with Crippen molar-refractivity contribution in [2.45, 2.75) is 0 Å². The van der Waals surface area contributed by atoms with Crippen molar-refractivity contribution >= 4 is 54.5 Å². The van der Waals surface area contributed by atoms with Gasteiger partial charge in [-0.3, -0.25) is 20.2 Å². The zero-order chi connectivity index (χ0) is 23.7. The van der Waals surface area contributed by atoms with Gasteiger partial charge in [0.2, 0.25) is 0 Å². The summed E-state index contributed by atoms with van der Waals surface area (Å²) in [6.45, 7) is 0. The number of rotatable bonds is 2. The maximum Gasteiger partial charge on any atom is 0.276 e. The van der Waals surface area contributed by atoms with Crippen LogP contribution in [-0.2, 0) is 0 Å². The van der Waals surface area contributed by atoms with Crippen molar-refractivity contribution in [2.24, 2.45) is 0 Å². The Morgan fingerprint density at radius 1 is 0.412 bits per heavy atom. The molecule has 6 rings (SSSR count). The van der Waals surface area contributed by atoms with Crippen molar-refractivity contribution in [2.75, 3.05) is 0 Å². The van der Waals surface area contributed by atoms with Gasteiger partial charge in [-0.25, -0.2) is 0 Å². The Morgan fingerprint density at radius 2 is 0.794 bits per heavy atom. The molecule has 0 saturated heterocycles. The Morgan fingerprint density at radius 3 is 1.18 bits per heavy atom. The van der Waals surface area contributed by atoms with Crippen LogP contribution < -0.4 is 0 Å². The largest absolute Gasteiger partial charge is 0.276 e. The van der Waals surface area contributed by atoms with Crippen molar-refractivity contribution in [1.29, 1.82) is 0 Å². The van der Waals surface area contributed by atoms with Crippen LogP contribution in [0.4, 0.5) is 11.4 Å². The standard InChI is InChI=1S/C22H14.C6H4N2O4/c1-3-7-17-13-21-19(11-15(17)5-1)9-10-20-12-16-6-2-4-8-18(16)14-22(20)21;9-7(10)5-2-1-3-6(4-5)8(11)12/h1-14H;1-4H. The number of hydrogen-bond donors (Lipinski definition) is 0. The number of fused-ring (bicyclic) bond motifs is 5. The Hall–Kier alpha value is -4.84. The van der Waals surface area contributed by atoms with Crippen LogP contribution in [-0.4, -0.2) is 9.85 Å². The Bertz CT molecular complexity index is 1600. The molecule has 0 N–H and O–H groups in total. The predicted octanol–water partition coefficient (Wildman–Crippen LogP) is 7.80. The average molecular weight is 446 g/mol. The van der Waals surface area contributed by atoms with Crippen LogP contribution in [0, 0.1) is 20.2 Å². The van der Waals surface area contributed by atoms with Gasteiger partial charge in [-0.2, -0.15) is 0 Å². The summed E-state index contributed by atoms with van der Waals surface area (Å²) in [5, 5.41) is 30.8. The first-order valence-corrected chi connectivity index (χ1v) is 10.6. The molecule has 0 fully saturated rings. The molecule has 0 aromatic heterocycles. The van der Waals surface area contributed by atoms with Gasteiger partial charge in [0.05, 0.1) is 15.9 Å². The second kappa shape index (κ2) is 8.60. The molecule has 6 aromatic carbocycles.